The molecule has 2 aliphatic rings. The second kappa shape index (κ2) is 19.5. The van der Waals surface area contributed by atoms with Gasteiger partial charge in [-0.3, -0.25) is 14.5 Å². The lowest BCUT2D eigenvalue weighted by atomic mass is 9.85. The summed E-state index contributed by atoms with van der Waals surface area (Å²) >= 11 is 5.85. The first-order valence-electron chi connectivity index (χ1n) is 17.0. The first-order chi connectivity index (χ1) is 25.6. The molecule has 1 heterocycles. The number of nitrogen functional groups attached to an aromatic ring is 1. The number of nitrogens with zero attached hydrogens (tertiary/aromatic N) is 3. The number of anilines is 2. The second-order valence-electron chi connectivity index (χ2n) is 12.8. The molecular weight excluding hydrogens is 748 g/mol. The number of methoxy groups -OCH3 is 1. The molecule has 0 bridgehead atoms. The SMILES string of the molecule is COCCOCCOCCOCCOC(=O)OCN=CC(=C(N)C(F)(F)F)C1(O)CC2CC(c3nn(C)c(N)c3C(=O)Nc3ccc(F)c(Cl)c3)CC2C1. The van der Waals surface area contributed by atoms with Crippen LogP contribution in [0.25, 0.3) is 0 Å². The monoisotopic (exact) mass is 792 g/mol. The normalized spacial score (nSPS) is 21.7. The number of ether oxygens (including phenoxy) is 6. The van der Waals surface area contributed by atoms with Crippen LogP contribution in [-0.4, -0.2) is 112 Å². The van der Waals surface area contributed by atoms with Gasteiger partial charge in [0.2, 0.25) is 0 Å². The van der Waals surface area contributed by atoms with Gasteiger partial charge in [-0.25, -0.2) is 9.18 Å². The zero-order valence-electron chi connectivity index (χ0n) is 29.8. The van der Waals surface area contributed by atoms with Gasteiger partial charge in [-0.15, -0.1) is 0 Å². The molecule has 2 aliphatic carbocycles. The van der Waals surface area contributed by atoms with E-state index in [1.807, 2.05) is 0 Å². The lowest BCUT2D eigenvalue weighted by Crippen LogP contribution is -2.36. The van der Waals surface area contributed by atoms with E-state index < -0.39 is 47.7 Å². The van der Waals surface area contributed by atoms with Gasteiger partial charge in [0.15, 0.2) is 6.73 Å². The van der Waals surface area contributed by atoms with Gasteiger partial charge in [-0.1, -0.05) is 11.6 Å². The van der Waals surface area contributed by atoms with E-state index >= 15 is 0 Å². The van der Waals surface area contributed by atoms with E-state index in [1.165, 1.54) is 16.8 Å². The molecule has 2 atom stereocenters. The summed E-state index contributed by atoms with van der Waals surface area (Å²) in [6.45, 7) is 1.48. The van der Waals surface area contributed by atoms with Crippen molar-refractivity contribution in [2.75, 3.05) is 77.7 Å². The Hall–Kier alpha value is -4.01. The minimum absolute atomic E-state index is 0.0465. The predicted octanol–water partition coefficient (Wildman–Crippen LogP) is 4.33. The fourth-order valence-electron chi connectivity index (χ4n) is 6.67. The van der Waals surface area contributed by atoms with Crippen molar-refractivity contribution < 1.29 is 60.7 Å². The number of nitrogens with two attached hydrogens (primary N) is 2. The van der Waals surface area contributed by atoms with E-state index in [0.29, 0.717) is 51.6 Å². The van der Waals surface area contributed by atoms with Gasteiger partial charge in [-0.05, 0) is 55.7 Å². The van der Waals surface area contributed by atoms with Crippen LogP contribution in [0.5, 0.6) is 0 Å². The van der Waals surface area contributed by atoms with Crippen molar-refractivity contribution in [2.24, 2.45) is 29.6 Å². The number of aryl methyl sites for hydroxylation is 1. The van der Waals surface area contributed by atoms with E-state index in [2.05, 4.69) is 15.4 Å². The zero-order chi connectivity index (χ0) is 39.5. The third-order valence-corrected chi connectivity index (χ3v) is 9.44. The molecule has 2 aromatic rings. The van der Waals surface area contributed by atoms with Crippen molar-refractivity contribution in [1.82, 2.24) is 9.78 Å². The summed E-state index contributed by atoms with van der Waals surface area (Å²) in [6.07, 6.45) is -4.73. The van der Waals surface area contributed by atoms with Crippen molar-refractivity contribution in [3.05, 3.63) is 51.6 Å². The number of fused-ring (bicyclic) bond motifs is 1. The van der Waals surface area contributed by atoms with E-state index in [-0.39, 0.29) is 72.5 Å². The third kappa shape index (κ3) is 11.5. The molecule has 4 rings (SSSR count). The van der Waals surface area contributed by atoms with Gasteiger partial charge in [-0.2, -0.15) is 18.3 Å². The molecular formula is C34H45ClF4N6O9. The number of halogens is 5. The first kappa shape index (κ1) is 42.7. The Bertz CT molecular complexity index is 1640. The maximum absolute atomic E-state index is 13.9. The highest BCUT2D eigenvalue weighted by atomic mass is 35.5. The highest BCUT2D eigenvalue weighted by molar-refractivity contribution is 6.31. The van der Waals surface area contributed by atoms with Gasteiger partial charge in [0, 0.05) is 37.6 Å². The Kier molecular flexibility index (Phi) is 15.5. The Morgan fingerprint density at radius 3 is 2.22 bits per heavy atom. The summed E-state index contributed by atoms with van der Waals surface area (Å²) < 4.78 is 87.0. The molecule has 0 spiro atoms. The van der Waals surface area contributed by atoms with Crippen LogP contribution in [0.2, 0.25) is 5.02 Å². The second-order valence-corrected chi connectivity index (χ2v) is 13.2. The number of carbonyl (C=O) groups excluding carboxylic acids is 2. The van der Waals surface area contributed by atoms with Crippen LogP contribution in [0, 0.1) is 17.7 Å². The minimum Gasteiger partial charge on any atom is -0.432 e. The lowest BCUT2D eigenvalue weighted by Gasteiger charge is -2.28. The number of aromatic nitrogens is 2. The number of aliphatic hydroxyl groups is 1. The quantitative estimate of drug-likeness (QED) is 0.0680. The molecule has 1 amide bonds. The van der Waals surface area contributed by atoms with Crippen molar-refractivity contribution in [2.45, 2.75) is 43.4 Å². The maximum Gasteiger partial charge on any atom is 0.510 e. The van der Waals surface area contributed by atoms with Crippen LogP contribution in [0.1, 0.15) is 47.7 Å². The van der Waals surface area contributed by atoms with Crippen LogP contribution in [0.3, 0.4) is 0 Å². The molecule has 2 fully saturated rings. The van der Waals surface area contributed by atoms with Gasteiger partial charge >= 0.3 is 12.3 Å². The highest BCUT2D eigenvalue weighted by Gasteiger charge is 2.53. The number of benzene rings is 1. The fourth-order valence-corrected chi connectivity index (χ4v) is 6.85. The molecule has 1 aromatic carbocycles. The molecule has 1 aromatic heterocycles. The number of hydrogen-bond donors (Lipinski definition) is 4. The third-order valence-electron chi connectivity index (χ3n) is 9.15. The number of amides is 1. The zero-order valence-corrected chi connectivity index (χ0v) is 30.6. The summed E-state index contributed by atoms with van der Waals surface area (Å²) in [7, 11) is 3.14. The average molecular weight is 793 g/mol. The number of rotatable bonds is 19. The number of aliphatic imine (C=N–C) groups is 1. The van der Waals surface area contributed by atoms with Crippen LogP contribution >= 0.6 is 11.6 Å². The van der Waals surface area contributed by atoms with Crippen molar-refractivity contribution in [3.63, 3.8) is 0 Å². The number of allylic oxidation sites excluding steroid dienone is 1. The van der Waals surface area contributed by atoms with Crippen LogP contribution in [0.4, 0.5) is 33.9 Å². The lowest BCUT2D eigenvalue weighted by molar-refractivity contribution is -0.0953. The number of nitrogens with one attached hydrogen (secondary N) is 1. The molecule has 0 radical (unpaired) electrons. The van der Waals surface area contributed by atoms with Crippen molar-refractivity contribution in [3.8, 4) is 0 Å². The van der Waals surface area contributed by atoms with Crippen molar-refractivity contribution in [1.29, 1.82) is 0 Å². The molecule has 2 saturated carbocycles. The molecule has 20 heteroatoms. The Balaban J connectivity index is 1.29. The number of hydrogen-bond acceptors (Lipinski definition) is 13. The molecule has 0 saturated heterocycles. The highest BCUT2D eigenvalue weighted by Crippen LogP contribution is 2.56. The molecule has 6 N–H and O–H groups in total. The Labute approximate surface area is 313 Å². The smallest absolute Gasteiger partial charge is 0.432 e. The van der Waals surface area contributed by atoms with Gasteiger partial charge in [0.25, 0.3) is 5.91 Å². The predicted molar refractivity (Wildman–Crippen MR) is 188 cm³/mol. The molecule has 0 aliphatic heterocycles. The molecule has 2 unspecified atom stereocenters. The van der Waals surface area contributed by atoms with Gasteiger partial charge in [0.1, 0.15) is 29.5 Å². The Morgan fingerprint density at radius 2 is 1.65 bits per heavy atom. The summed E-state index contributed by atoms with van der Waals surface area (Å²) in [5.74, 6) is -2.00. The molecule has 15 nitrogen and oxygen atoms in total. The van der Waals surface area contributed by atoms with E-state index in [1.54, 1.807) is 14.2 Å². The number of carbonyl (C=O) groups is 2. The van der Waals surface area contributed by atoms with E-state index in [9.17, 15) is 32.3 Å². The summed E-state index contributed by atoms with van der Waals surface area (Å²) in [4.78, 5) is 29.0. The summed E-state index contributed by atoms with van der Waals surface area (Å²) in [5, 5.41) is 18.5. The van der Waals surface area contributed by atoms with Crippen LogP contribution in [-0.2, 0) is 35.5 Å². The summed E-state index contributed by atoms with van der Waals surface area (Å²) in [6, 6.07) is 3.70. The maximum atomic E-state index is 13.9. The minimum atomic E-state index is -4.98. The topological polar surface area (TPSA) is 204 Å². The largest absolute Gasteiger partial charge is 0.510 e. The fraction of sp³-hybridized carbons (Fsp3) is 0.588. The first-order valence-corrected chi connectivity index (χ1v) is 17.4. The van der Waals surface area contributed by atoms with Crippen molar-refractivity contribution >= 4 is 41.4 Å². The van der Waals surface area contributed by atoms with Crippen LogP contribution < -0.4 is 16.8 Å². The van der Waals surface area contributed by atoms with E-state index in [4.69, 9.17) is 51.5 Å². The average Bonchev–Trinajstić information content (AvgIpc) is 3.74. The molecule has 54 heavy (non-hydrogen) atoms. The standard InChI is InChI=1S/C34H45ClF4N6O9/c1-45-30(41)27(31(46)43-23-3-4-26(36)25(35)15-23)28(44-45)20-13-21-16-33(48,17-22(21)14-20)24(29(40)34(37,38)39)18-42-19-54-32(47)53-12-11-52-10-9-51-8-7-50-6-5-49-2/h3-4,15,18,20-22,48H,5-14,16-17,19,40-41H2,1-2H3,(H,43,46). The van der Waals surface area contributed by atoms with Crippen LogP contribution in [0.15, 0.2) is 34.5 Å². The van der Waals surface area contributed by atoms with Gasteiger partial charge < -0.3 is 50.3 Å². The summed E-state index contributed by atoms with van der Waals surface area (Å²) in [5.41, 5.74) is 8.31. The van der Waals surface area contributed by atoms with Gasteiger partial charge in [0.05, 0.1) is 62.6 Å². The Morgan fingerprint density at radius 1 is 1.06 bits per heavy atom. The molecule has 300 valence electrons. The number of alkyl halides is 3. The van der Waals surface area contributed by atoms with E-state index in [0.717, 1.165) is 12.3 Å².